The molecule has 7 heteroatoms. The highest BCUT2D eigenvalue weighted by atomic mass is 16.5. The van der Waals surface area contributed by atoms with E-state index in [9.17, 15) is 0 Å². The molecule has 0 saturated carbocycles. The highest BCUT2D eigenvalue weighted by Gasteiger charge is 2.26. The summed E-state index contributed by atoms with van der Waals surface area (Å²) < 4.78 is 11.2. The van der Waals surface area contributed by atoms with Gasteiger partial charge in [0.25, 0.3) is 0 Å². The molecule has 0 amide bonds. The van der Waals surface area contributed by atoms with Crippen LogP contribution < -0.4 is 15.0 Å². The van der Waals surface area contributed by atoms with Crippen LogP contribution in [0.4, 0.5) is 11.9 Å². The lowest BCUT2D eigenvalue weighted by Gasteiger charge is -2.36. The van der Waals surface area contributed by atoms with Crippen molar-refractivity contribution in [3.05, 3.63) is 0 Å². The van der Waals surface area contributed by atoms with Crippen molar-refractivity contribution < 1.29 is 9.47 Å². The van der Waals surface area contributed by atoms with E-state index in [0.717, 1.165) is 13.0 Å². The summed E-state index contributed by atoms with van der Waals surface area (Å²) in [5, 5.41) is 2.95. The van der Waals surface area contributed by atoms with Gasteiger partial charge in [-0.2, -0.15) is 15.0 Å². The molecule has 2 rings (SSSR count). The van der Waals surface area contributed by atoms with E-state index in [-0.39, 0.29) is 12.1 Å². The molecule has 1 fully saturated rings. The van der Waals surface area contributed by atoms with Gasteiger partial charge >= 0.3 is 6.01 Å². The lowest BCUT2D eigenvalue weighted by Crippen LogP contribution is -2.48. The van der Waals surface area contributed by atoms with E-state index in [0.29, 0.717) is 31.1 Å². The van der Waals surface area contributed by atoms with Crippen molar-refractivity contribution in [3.63, 3.8) is 0 Å². The van der Waals surface area contributed by atoms with Crippen molar-refractivity contribution in [2.45, 2.75) is 39.3 Å². The second-order valence-corrected chi connectivity index (χ2v) is 4.99. The second-order valence-electron chi connectivity index (χ2n) is 4.99. The van der Waals surface area contributed by atoms with Crippen LogP contribution in [0.3, 0.4) is 0 Å². The van der Waals surface area contributed by atoms with Gasteiger partial charge < -0.3 is 19.7 Å². The van der Waals surface area contributed by atoms with Crippen molar-refractivity contribution in [2.24, 2.45) is 0 Å². The molecule has 2 unspecified atom stereocenters. The first-order valence-electron chi connectivity index (χ1n) is 7.09. The van der Waals surface area contributed by atoms with Gasteiger partial charge in [0.15, 0.2) is 0 Å². The van der Waals surface area contributed by atoms with E-state index in [1.54, 1.807) is 7.05 Å². The third-order valence-corrected chi connectivity index (χ3v) is 3.13. The van der Waals surface area contributed by atoms with Crippen LogP contribution in [-0.2, 0) is 4.74 Å². The molecule has 0 aliphatic carbocycles. The molecule has 1 aromatic heterocycles. The summed E-state index contributed by atoms with van der Waals surface area (Å²) >= 11 is 0. The Morgan fingerprint density at radius 3 is 2.85 bits per heavy atom. The van der Waals surface area contributed by atoms with Crippen LogP contribution in [0.25, 0.3) is 0 Å². The summed E-state index contributed by atoms with van der Waals surface area (Å²) in [5.74, 6) is 1.16. The lowest BCUT2D eigenvalue weighted by atomic mass is 10.2. The second kappa shape index (κ2) is 6.69. The number of aromatic nitrogens is 3. The average molecular weight is 281 g/mol. The predicted octanol–water partition coefficient (Wildman–Crippen LogP) is 1.32. The first-order chi connectivity index (χ1) is 9.63. The van der Waals surface area contributed by atoms with Crippen LogP contribution in [0, 0.1) is 0 Å². The molecular formula is C13H23N5O2. The number of nitrogens with one attached hydrogen (secondary N) is 1. The van der Waals surface area contributed by atoms with Crippen LogP contribution in [0.1, 0.15) is 27.2 Å². The van der Waals surface area contributed by atoms with Crippen molar-refractivity contribution in [1.82, 2.24) is 15.0 Å². The topological polar surface area (TPSA) is 72.4 Å². The normalized spacial score (nSPS) is 22.7. The predicted molar refractivity (Wildman–Crippen MR) is 77.4 cm³/mol. The Morgan fingerprint density at radius 2 is 2.15 bits per heavy atom. The Kier molecular flexibility index (Phi) is 4.94. The van der Waals surface area contributed by atoms with Crippen molar-refractivity contribution >= 4 is 11.9 Å². The molecule has 2 atom stereocenters. The maximum absolute atomic E-state index is 5.63. The number of hydrogen-bond acceptors (Lipinski definition) is 7. The molecule has 1 saturated heterocycles. The molecule has 112 valence electrons. The zero-order valence-electron chi connectivity index (χ0n) is 12.6. The number of anilines is 2. The molecule has 7 nitrogen and oxygen atoms in total. The Morgan fingerprint density at radius 1 is 1.35 bits per heavy atom. The van der Waals surface area contributed by atoms with E-state index in [1.807, 2.05) is 13.8 Å². The largest absolute Gasteiger partial charge is 0.463 e. The van der Waals surface area contributed by atoms with Gasteiger partial charge in [0, 0.05) is 13.6 Å². The monoisotopic (exact) mass is 281 g/mol. The molecular weight excluding hydrogens is 258 g/mol. The number of hydrogen-bond donors (Lipinski definition) is 1. The smallest absolute Gasteiger partial charge is 0.323 e. The fourth-order valence-electron chi connectivity index (χ4n) is 2.03. The Labute approximate surface area is 119 Å². The maximum Gasteiger partial charge on any atom is 0.323 e. The zero-order valence-corrected chi connectivity index (χ0v) is 12.6. The van der Waals surface area contributed by atoms with Crippen LogP contribution in [-0.4, -0.2) is 53.9 Å². The lowest BCUT2D eigenvalue weighted by molar-refractivity contribution is 0.0336. The summed E-state index contributed by atoms with van der Waals surface area (Å²) in [6.07, 6.45) is 1.09. The van der Waals surface area contributed by atoms with E-state index in [4.69, 9.17) is 9.47 Å². The summed E-state index contributed by atoms with van der Waals surface area (Å²) in [7, 11) is 1.79. The van der Waals surface area contributed by atoms with Crippen molar-refractivity contribution in [3.8, 4) is 6.01 Å². The molecule has 1 N–H and O–H groups in total. The first-order valence-corrected chi connectivity index (χ1v) is 7.09. The zero-order chi connectivity index (χ0) is 14.5. The number of nitrogens with zero attached hydrogens (tertiary/aromatic N) is 4. The minimum atomic E-state index is 0.168. The summed E-state index contributed by atoms with van der Waals surface area (Å²) in [5.41, 5.74) is 0. The molecule has 0 radical (unpaired) electrons. The van der Waals surface area contributed by atoms with E-state index < -0.39 is 0 Å². The molecule has 20 heavy (non-hydrogen) atoms. The van der Waals surface area contributed by atoms with Gasteiger partial charge in [-0.25, -0.2) is 0 Å². The number of rotatable bonds is 5. The standard InChI is InChI=1S/C13H23N5O2/c1-5-6-19-13-16-11(14-4)15-12(17-13)18-7-10(3)20-8-9(18)2/h9-10H,5-8H2,1-4H3,(H,14,15,16,17). The minimum Gasteiger partial charge on any atom is -0.463 e. The Balaban J connectivity index is 2.24. The van der Waals surface area contributed by atoms with E-state index in [1.165, 1.54) is 0 Å². The quantitative estimate of drug-likeness (QED) is 0.872. The third kappa shape index (κ3) is 3.47. The highest BCUT2D eigenvalue weighted by molar-refractivity contribution is 5.39. The van der Waals surface area contributed by atoms with Gasteiger partial charge in [0.2, 0.25) is 11.9 Å². The van der Waals surface area contributed by atoms with Gasteiger partial charge in [0.05, 0.1) is 25.4 Å². The van der Waals surface area contributed by atoms with E-state index >= 15 is 0 Å². The minimum absolute atomic E-state index is 0.168. The molecule has 1 aliphatic rings. The molecule has 0 spiro atoms. The van der Waals surface area contributed by atoms with Crippen LogP contribution in [0.2, 0.25) is 0 Å². The third-order valence-electron chi connectivity index (χ3n) is 3.13. The van der Waals surface area contributed by atoms with Crippen LogP contribution >= 0.6 is 0 Å². The Hall–Kier alpha value is -1.63. The highest BCUT2D eigenvalue weighted by Crippen LogP contribution is 2.21. The molecule has 2 heterocycles. The maximum atomic E-state index is 5.63. The van der Waals surface area contributed by atoms with Gasteiger partial charge in [-0.1, -0.05) is 6.92 Å². The summed E-state index contributed by atoms with van der Waals surface area (Å²) in [6, 6.07) is 0.602. The van der Waals surface area contributed by atoms with Gasteiger partial charge in [-0.05, 0) is 20.3 Å². The van der Waals surface area contributed by atoms with Gasteiger partial charge in [0.1, 0.15) is 0 Å². The molecule has 1 aromatic rings. The van der Waals surface area contributed by atoms with Crippen molar-refractivity contribution in [2.75, 3.05) is 37.0 Å². The van der Waals surface area contributed by atoms with Crippen LogP contribution in [0.5, 0.6) is 6.01 Å². The molecule has 0 bridgehead atoms. The molecule has 0 aromatic carbocycles. The fraction of sp³-hybridized carbons (Fsp3) is 0.769. The SMILES string of the molecule is CCCOc1nc(NC)nc(N2CC(C)OCC2C)n1. The van der Waals surface area contributed by atoms with Gasteiger partial charge in [-0.3, -0.25) is 0 Å². The number of ether oxygens (including phenoxy) is 2. The van der Waals surface area contributed by atoms with Crippen LogP contribution in [0.15, 0.2) is 0 Å². The molecule has 1 aliphatic heterocycles. The first kappa shape index (κ1) is 14.8. The summed E-state index contributed by atoms with van der Waals surface area (Å²) in [6.45, 7) is 8.23. The van der Waals surface area contributed by atoms with Gasteiger partial charge in [-0.15, -0.1) is 0 Å². The summed E-state index contributed by atoms with van der Waals surface area (Å²) in [4.78, 5) is 15.2. The fourth-order valence-corrected chi connectivity index (χ4v) is 2.03. The Bertz CT molecular complexity index is 443. The van der Waals surface area contributed by atoms with E-state index in [2.05, 4.69) is 32.1 Å². The van der Waals surface area contributed by atoms with Crippen molar-refractivity contribution in [1.29, 1.82) is 0 Å². The number of morpholine rings is 1. The average Bonchev–Trinajstić information content (AvgIpc) is 2.47.